The van der Waals surface area contributed by atoms with Gasteiger partial charge in [-0.15, -0.1) is 0 Å². The molecule has 1 heterocycles. The van der Waals surface area contributed by atoms with Crippen LogP contribution < -0.4 is 0 Å². The summed E-state index contributed by atoms with van der Waals surface area (Å²) in [6.07, 6.45) is 5.34. The minimum Gasteiger partial charge on any atom is -0.381 e. The summed E-state index contributed by atoms with van der Waals surface area (Å²) in [5.41, 5.74) is 0.592. The van der Waals surface area contributed by atoms with Gasteiger partial charge in [0.15, 0.2) is 0 Å². The van der Waals surface area contributed by atoms with Gasteiger partial charge in [0.2, 0.25) is 0 Å². The van der Waals surface area contributed by atoms with E-state index in [-0.39, 0.29) is 5.60 Å². The minimum atomic E-state index is 0.234. The van der Waals surface area contributed by atoms with Crippen LogP contribution in [0.4, 0.5) is 0 Å². The Morgan fingerprint density at radius 2 is 2.06 bits per heavy atom. The van der Waals surface area contributed by atoms with Gasteiger partial charge < -0.3 is 9.47 Å². The van der Waals surface area contributed by atoms with Gasteiger partial charge in [0, 0.05) is 6.61 Å². The Morgan fingerprint density at radius 1 is 1.31 bits per heavy atom. The van der Waals surface area contributed by atoms with Crippen molar-refractivity contribution in [3.8, 4) is 0 Å². The molecule has 0 bridgehead atoms. The molecule has 1 saturated heterocycles. The van der Waals surface area contributed by atoms with E-state index in [9.17, 15) is 0 Å². The summed E-state index contributed by atoms with van der Waals surface area (Å²) in [6.45, 7) is 10.9. The standard InChI is InChI=1S/C14H26O2/c1-11(2)5-8-15-10-13(3)6-7-14(4)12(9-13)16-14/h11-12H,5-10H2,1-4H3. The smallest absolute Gasteiger partial charge is 0.0920 e. The zero-order valence-corrected chi connectivity index (χ0v) is 11.2. The second-order valence-electron chi connectivity index (χ2n) is 6.67. The third-order valence-corrected chi connectivity index (χ3v) is 4.23. The van der Waals surface area contributed by atoms with Gasteiger partial charge in [-0.25, -0.2) is 0 Å². The molecule has 0 amide bonds. The Kier molecular flexibility index (Phi) is 3.33. The molecule has 16 heavy (non-hydrogen) atoms. The Labute approximate surface area is 99.7 Å². The van der Waals surface area contributed by atoms with Crippen LogP contribution in [0, 0.1) is 11.3 Å². The first kappa shape index (κ1) is 12.4. The highest BCUT2D eigenvalue weighted by molar-refractivity contribution is 5.06. The lowest BCUT2D eigenvalue weighted by molar-refractivity contribution is 0.0281. The molecule has 0 aromatic heterocycles. The molecule has 0 N–H and O–H groups in total. The number of fused-ring (bicyclic) bond motifs is 1. The first-order valence-corrected chi connectivity index (χ1v) is 6.69. The summed E-state index contributed by atoms with van der Waals surface area (Å²) < 4.78 is 11.6. The molecule has 2 heteroatoms. The number of hydrogen-bond acceptors (Lipinski definition) is 2. The lowest BCUT2D eigenvalue weighted by Gasteiger charge is -2.33. The second-order valence-corrected chi connectivity index (χ2v) is 6.67. The maximum absolute atomic E-state index is 5.83. The lowest BCUT2D eigenvalue weighted by Crippen LogP contribution is -2.33. The number of rotatable bonds is 5. The molecule has 2 nitrogen and oxygen atoms in total. The number of hydrogen-bond donors (Lipinski definition) is 0. The summed E-state index contributed by atoms with van der Waals surface area (Å²) >= 11 is 0. The molecular weight excluding hydrogens is 200 g/mol. The largest absolute Gasteiger partial charge is 0.381 e. The monoisotopic (exact) mass is 226 g/mol. The van der Waals surface area contributed by atoms with E-state index >= 15 is 0 Å². The van der Waals surface area contributed by atoms with Gasteiger partial charge in [-0.2, -0.15) is 0 Å². The van der Waals surface area contributed by atoms with Crippen LogP contribution in [0.5, 0.6) is 0 Å². The molecule has 1 aliphatic heterocycles. The topological polar surface area (TPSA) is 21.8 Å². The summed E-state index contributed by atoms with van der Waals surface area (Å²) in [6, 6.07) is 0. The zero-order chi connectivity index (χ0) is 11.8. The second kappa shape index (κ2) is 4.30. The van der Waals surface area contributed by atoms with Crippen molar-refractivity contribution < 1.29 is 9.47 Å². The molecular formula is C14H26O2. The highest BCUT2D eigenvalue weighted by Crippen LogP contribution is 2.53. The van der Waals surface area contributed by atoms with E-state index in [4.69, 9.17) is 9.47 Å². The molecule has 94 valence electrons. The molecule has 2 rings (SSSR count). The quantitative estimate of drug-likeness (QED) is 0.529. The average Bonchev–Trinajstić information content (AvgIpc) is 2.84. The van der Waals surface area contributed by atoms with Gasteiger partial charge in [-0.05, 0) is 43.9 Å². The van der Waals surface area contributed by atoms with Gasteiger partial charge in [0.25, 0.3) is 0 Å². The predicted molar refractivity (Wildman–Crippen MR) is 65.5 cm³/mol. The molecule has 0 spiro atoms. The highest BCUT2D eigenvalue weighted by Gasteiger charge is 2.58. The van der Waals surface area contributed by atoms with Crippen LogP contribution in [0.25, 0.3) is 0 Å². The van der Waals surface area contributed by atoms with Gasteiger partial charge in [0.05, 0.1) is 18.3 Å². The maximum atomic E-state index is 5.83. The fourth-order valence-electron chi connectivity index (χ4n) is 2.64. The van der Waals surface area contributed by atoms with Crippen molar-refractivity contribution in [3.05, 3.63) is 0 Å². The van der Waals surface area contributed by atoms with Crippen molar-refractivity contribution in [3.63, 3.8) is 0 Å². The van der Waals surface area contributed by atoms with Crippen molar-refractivity contribution in [2.24, 2.45) is 11.3 Å². The van der Waals surface area contributed by atoms with Crippen LogP contribution in [-0.4, -0.2) is 24.9 Å². The SMILES string of the molecule is CC(C)CCOCC1(C)CCC2(C)OC2C1. The Balaban J connectivity index is 1.69. The normalized spacial score (nSPS) is 42.2. The van der Waals surface area contributed by atoms with Crippen molar-refractivity contribution in [2.75, 3.05) is 13.2 Å². The summed E-state index contributed by atoms with van der Waals surface area (Å²) in [5.74, 6) is 0.745. The van der Waals surface area contributed by atoms with E-state index in [1.165, 1.54) is 25.7 Å². The summed E-state index contributed by atoms with van der Waals surface area (Å²) in [5, 5.41) is 0. The fraction of sp³-hybridized carbons (Fsp3) is 1.00. The average molecular weight is 226 g/mol. The molecule has 3 unspecified atom stereocenters. The van der Waals surface area contributed by atoms with Crippen LogP contribution >= 0.6 is 0 Å². The van der Waals surface area contributed by atoms with Gasteiger partial charge >= 0.3 is 0 Å². The van der Waals surface area contributed by atoms with Crippen LogP contribution in [0.3, 0.4) is 0 Å². The maximum Gasteiger partial charge on any atom is 0.0920 e. The summed E-state index contributed by atoms with van der Waals surface area (Å²) in [7, 11) is 0. The molecule has 0 aromatic carbocycles. The Morgan fingerprint density at radius 3 is 2.69 bits per heavy atom. The molecule has 3 atom stereocenters. The van der Waals surface area contributed by atoms with Gasteiger partial charge in [-0.3, -0.25) is 0 Å². The molecule has 2 aliphatic rings. The van der Waals surface area contributed by atoms with Crippen LogP contribution in [-0.2, 0) is 9.47 Å². The van der Waals surface area contributed by atoms with Crippen LogP contribution in [0.2, 0.25) is 0 Å². The molecule has 1 aliphatic carbocycles. The van der Waals surface area contributed by atoms with E-state index in [0.29, 0.717) is 11.5 Å². The van der Waals surface area contributed by atoms with Crippen LogP contribution in [0.1, 0.15) is 53.4 Å². The first-order chi connectivity index (χ1) is 7.44. The van der Waals surface area contributed by atoms with Gasteiger partial charge in [0.1, 0.15) is 0 Å². The van der Waals surface area contributed by atoms with E-state index < -0.39 is 0 Å². The van der Waals surface area contributed by atoms with Gasteiger partial charge in [-0.1, -0.05) is 20.8 Å². The van der Waals surface area contributed by atoms with Crippen LogP contribution in [0.15, 0.2) is 0 Å². The lowest BCUT2D eigenvalue weighted by atomic mass is 9.73. The fourth-order valence-corrected chi connectivity index (χ4v) is 2.64. The molecule has 0 aromatic rings. The number of ether oxygens (including phenoxy) is 2. The molecule has 1 saturated carbocycles. The minimum absolute atomic E-state index is 0.234. The van der Waals surface area contributed by atoms with Crippen molar-refractivity contribution in [1.29, 1.82) is 0 Å². The van der Waals surface area contributed by atoms with Crippen molar-refractivity contribution >= 4 is 0 Å². The van der Waals surface area contributed by atoms with Crippen molar-refractivity contribution in [1.82, 2.24) is 0 Å². The van der Waals surface area contributed by atoms with E-state index in [1.807, 2.05) is 0 Å². The predicted octanol–water partition coefficient (Wildman–Crippen LogP) is 3.40. The van der Waals surface area contributed by atoms with E-state index in [0.717, 1.165) is 19.1 Å². The van der Waals surface area contributed by atoms with E-state index in [2.05, 4.69) is 27.7 Å². The Bertz CT molecular complexity index is 251. The Hall–Kier alpha value is -0.0800. The van der Waals surface area contributed by atoms with E-state index in [1.54, 1.807) is 0 Å². The third kappa shape index (κ3) is 2.78. The zero-order valence-electron chi connectivity index (χ0n) is 11.2. The first-order valence-electron chi connectivity index (χ1n) is 6.69. The number of epoxide rings is 1. The third-order valence-electron chi connectivity index (χ3n) is 4.23. The van der Waals surface area contributed by atoms with Crippen molar-refractivity contribution in [2.45, 2.75) is 65.1 Å². The molecule has 2 fully saturated rings. The summed E-state index contributed by atoms with van der Waals surface area (Å²) in [4.78, 5) is 0. The highest BCUT2D eigenvalue weighted by atomic mass is 16.6. The molecule has 0 radical (unpaired) electrons.